The number of H-pyrrole nitrogens is 1. The van der Waals surface area contributed by atoms with Gasteiger partial charge >= 0.3 is 0 Å². The molecule has 2 heterocycles. The molecule has 0 atom stereocenters. The first-order valence-corrected chi connectivity index (χ1v) is 10.9. The maximum absolute atomic E-state index is 13.5. The summed E-state index contributed by atoms with van der Waals surface area (Å²) in [4.78, 5) is 6.21. The van der Waals surface area contributed by atoms with Crippen molar-refractivity contribution >= 4 is 10.9 Å². The largest absolute Gasteiger partial charge is 0.354 e. The number of halogens is 1. The van der Waals surface area contributed by atoms with Crippen LogP contribution in [0.3, 0.4) is 0 Å². The van der Waals surface area contributed by atoms with E-state index in [2.05, 4.69) is 64.5 Å². The molecule has 1 saturated heterocycles. The van der Waals surface area contributed by atoms with Crippen LogP contribution in [0.25, 0.3) is 22.2 Å². The first-order chi connectivity index (χ1) is 14.8. The predicted octanol–water partition coefficient (Wildman–Crippen LogP) is 6.40. The third kappa shape index (κ3) is 3.90. The lowest BCUT2D eigenvalue weighted by atomic mass is 9.86. The summed E-state index contributed by atoms with van der Waals surface area (Å²) < 4.78 is 13.5. The van der Waals surface area contributed by atoms with E-state index in [-0.39, 0.29) is 5.82 Å². The first-order valence-electron chi connectivity index (χ1n) is 10.9. The molecule has 0 amide bonds. The van der Waals surface area contributed by atoms with Gasteiger partial charge in [-0.05, 0) is 85.3 Å². The van der Waals surface area contributed by atoms with Gasteiger partial charge in [0.15, 0.2) is 0 Å². The first kappa shape index (κ1) is 19.1. The third-order valence-corrected chi connectivity index (χ3v) is 6.43. The van der Waals surface area contributed by atoms with E-state index in [1.807, 2.05) is 12.1 Å². The van der Waals surface area contributed by atoms with Crippen LogP contribution in [0.2, 0.25) is 0 Å². The van der Waals surface area contributed by atoms with Gasteiger partial charge in [0.1, 0.15) is 5.82 Å². The fourth-order valence-electron chi connectivity index (χ4n) is 4.81. The highest BCUT2D eigenvalue weighted by Crippen LogP contribution is 2.40. The summed E-state index contributed by atoms with van der Waals surface area (Å²) in [6, 6.07) is 26.2. The van der Waals surface area contributed by atoms with E-state index in [0.29, 0.717) is 5.92 Å². The van der Waals surface area contributed by atoms with Crippen molar-refractivity contribution in [1.82, 2.24) is 9.88 Å². The highest BCUT2D eigenvalue weighted by Gasteiger charge is 2.26. The molecule has 3 heteroatoms. The lowest BCUT2D eigenvalue weighted by Crippen LogP contribution is -2.34. The van der Waals surface area contributed by atoms with Crippen LogP contribution in [0, 0.1) is 5.82 Å². The number of benzene rings is 3. The molecule has 4 aromatic rings. The van der Waals surface area contributed by atoms with Gasteiger partial charge < -0.3 is 9.88 Å². The maximum atomic E-state index is 13.5. The molecule has 0 spiro atoms. The van der Waals surface area contributed by atoms with Gasteiger partial charge in [-0.3, -0.25) is 0 Å². The van der Waals surface area contributed by atoms with Crippen LogP contribution in [0.1, 0.15) is 29.9 Å². The van der Waals surface area contributed by atoms with Crippen molar-refractivity contribution in [1.29, 1.82) is 0 Å². The zero-order valence-corrected chi connectivity index (χ0v) is 17.2. The Labute approximate surface area is 177 Å². The number of likely N-dealkylation sites (tertiary alicyclic amines) is 1. The number of hydrogen-bond donors (Lipinski definition) is 1. The molecule has 0 radical (unpaired) electrons. The smallest absolute Gasteiger partial charge is 0.123 e. The van der Waals surface area contributed by atoms with E-state index >= 15 is 0 Å². The van der Waals surface area contributed by atoms with Crippen molar-refractivity contribution in [3.63, 3.8) is 0 Å². The SMILES string of the molecule is Fc1ccc(-c2[nH]c3ccccc3c2C2CCN(CCc3ccccc3)CC2)cc1. The maximum Gasteiger partial charge on any atom is 0.123 e. The highest BCUT2D eigenvalue weighted by molar-refractivity contribution is 5.91. The number of aromatic amines is 1. The number of piperidine rings is 1. The van der Waals surface area contributed by atoms with E-state index in [4.69, 9.17) is 0 Å². The molecule has 1 aromatic heterocycles. The second kappa shape index (κ2) is 8.45. The second-order valence-corrected chi connectivity index (χ2v) is 8.32. The van der Waals surface area contributed by atoms with Gasteiger partial charge in [0.2, 0.25) is 0 Å². The molecule has 30 heavy (non-hydrogen) atoms. The number of rotatable bonds is 5. The van der Waals surface area contributed by atoms with Crippen LogP contribution in [0.15, 0.2) is 78.9 Å². The number of fused-ring (bicyclic) bond motifs is 1. The quantitative estimate of drug-likeness (QED) is 0.412. The lowest BCUT2D eigenvalue weighted by molar-refractivity contribution is 0.215. The van der Waals surface area contributed by atoms with Gasteiger partial charge in [0.05, 0.1) is 0 Å². The van der Waals surface area contributed by atoms with E-state index in [1.54, 1.807) is 12.1 Å². The predicted molar refractivity (Wildman–Crippen MR) is 122 cm³/mol. The number of nitrogens with zero attached hydrogens (tertiary/aromatic N) is 1. The van der Waals surface area contributed by atoms with Crippen molar-refractivity contribution in [2.24, 2.45) is 0 Å². The minimum atomic E-state index is -0.192. The molecule has 3 aromatic carbocycles. The average molecular weight is 399 g/mol. The standard InChI is InChI=1S/C27H27FN2/c28-23-12-10-22(11-13-23)27-26(24-8-4-5-9-25(24)29-27)21-15-18-30(19-16-21)17-14-20-6-2-1-3-7-20/h1-13,21,29H,14-19H2. The van der Waals surface area contributed by atoms with E-state index in [9.17, 15) is 4.39 Å². The van der Waals surface area contributed by atoms with E-state index in [0.717, 1.165) is 50.2 Å². The second-order valence-electron chi connectivity index (χ2n) is 8.32. The van der Waals surface area contributed by atoms with Crippen molar-refractivity contribution in [3.8, 4) is 11.3 Å². The van der Waals surface area contributed by atoms with Crippen LogP contribution >= 0.6 is 0 Å². The Morgan fingerprint density at radius 3 is 2.30 bits per heavy atom. The molecule has 0 bridgehead atoms. The van der Waals surface area contributed by atoms with Crippen molar-refractivity contribution in [2.45, 2.75) is 25.2 Å². The summed E-state index contributed by atoms with van der Waals surface area (Å²) in [7, 11) is 0. The summed E-state index contributed by atoms with van der Waals surface area (Å²) in [5.41, 5.74) is 6.20. The van der Waals surface area contributed by atoms with Gasteiger partial charge in [0.25, 0.3) is 0 Å². The minimum absolute atomic E-state index is 0.192. The van der Waals surface area contributed by atoms with Gasteiger partial charge in [-0.1, -0.05) is 48.5 Å². The van der Waals surface area contributed by atoms with Crippen LogP contribution in [-0.2, 0) is 6.42 Å². The molecular formula is C27H27FN2. The number of nitrogens with one attached hydrogen (secondary N) is 1. The van der Waals surface area contributed by atoms with Crippen LogP contribution in [-0.4, -0.2) is 29.5 Å². The summed E-state index contributed by atoms with van der Waals surface area (Å²) in [5, 5.41) is 1.31. The molecule has 0 aliphatic carbocycles. The molecule has 152 valence electrons. The number of para-hydroxylation sites is 1. The minimum Gasteiger partial charge on any atom is -0.354 e. The van der Waals surface area contributed by atoms with Gasteiger partial charge in [0, 0.05) is 23.1 Å². The average Bonchev–Trinajstić information content (AvgIpc) is 3.19. The molecule has 0 saturated carbocycles. The van der Waals surface area contributed by atoms with Crippen LogP contribution in [0.4, 0.5) is 4.39 Å². The summed E-state index contributed by atoms with van der Waals surface area (Å²) in [5.74, 6) is 0.331. The van der Waals surface area contributed by atoms with Crippen LogP contribution in [0.5, 0.6) is 0 Å². The van der Waals surface area contributed by atoms with Crippen molar-refractivity contribution < 1.29 is 4.39 Å². The molecule has 1 N–H and O–H groups in total. The zero-order valence-electron chi connectivity index (χ0n) is 17.2. The lowest BCUT2D eigenvalue weighted by Gasteiger charge is -2.32. The van der Waals surface area contributed by atoms with Crippen molar-refractivity contribution in [3.05, 3.63) is 95.8 Å². The molecular weight excluding hydrogens is 371 g/mol. The van der Waals surface area contributed by atoms with Gasteiger partial charge in [-0.25, -0.2) is 4.39 Å². The monoisotopic (exact) mass is 398 g/mol. The Morgan fingerprint density at radius 1 is 0.833 bits per heavy atom. The fourth-order valence-corrected chi connectivity index (χ4v) is 4.81. The van der Waals surface area contributed by atoms with Gasteiger partial charge in [-0.15, -0.1) is 0 Å². The van der Waals surface area contributed by atoms with Gasteiger partial charge in [-0.2, -0.15) is 0 Å². The molecule has 2 nitrogen and oxygen atoms in total. The topological polar surface area (TPSA) is 19.0 Å². The summed E-state index contributed by atoms with van der Waals surface area (Å²) in [6.45, 7) is 3.37. The molecule has 1 aliphatic heterocycles. The highest BCUT2D eigenvalue weighted by atomic mass is 19.1. The fraction of sp³-hybridized carbons (Fsp3) is 0.259. The Kier molecular flexibility index (Phi) is 5.37. The molecule has 5 rings (SSSR count). The van der Waals surface area contributed by atoms with E-state index in [1.165, 1.54) is 22.0 Å². The Balaban J connectivity index is 1.36. The molecule has 1 fully saturated rings. The zero-order chi connectivity index (χ0) is 20.3. The molecule has 0 unspecified atom stereocenters. The normalized spacial score (nSPS) is 15.6. The van der Waals surface area contributed by atoms with Crippen molar-refractivity contribution in [2.75, 3.05) is 19.6 Å². The number of aromatic nitrogens is 1. The Bertz CT molecular complexity index is 1110. The Morgan fingerprint density at radius 2 is 1.53 bits per heavy atom. The van der Waals surface area contributed by atoms with E-state index < -0.39 is 0 Å². The summed E-state index contributed by atoms with van der Waals surface area (Å²) >= 11 is 0. The third-order valence-electron chi connectivity index (χ3n) is 6.43. The summed E-state index contributed by atoms with van der Waals surface area (Å²) in [6.07, 6.45) is 3.43. The molecule has 1 aliphatic rings. The Hall–Kier alpha value is -2.91. The van der Waals surface area contributed by atoms with Crippen LogP contribution < -0.4 is 0 Å². The number of hydrogen-bond acceptors (Lipinski definition) is 1.